The summed E-state index contributed by atoms with van der Waals surface area (Å²) in [5, 5.41) is 9.57. The number of methoxy groups -OCH3 is 1. The molecule has 0 bridgehead atoms. The average Bonchev–Trinajstić information content (AvgIpc) is 2.80. The molecule has 6 nitrogen and oxygen atoms in total. The van der Waals surface area contributed by atoms with Crippen LogP contribution >= 0.6 is 0 Å². The van der Waals surface area contributed by atoms with Crippen molar-refractivity contribution >= 4 is 11.8 Å². The molecular weight excluding hydrogens is 284 g/mol. The summed E-state index contributed by atoms with van der Waals surface area (Å²) in [4.78, 5) is 29.6. The van der Waals surface area contributed by atoms with Gasteiger partial charge >= 0.3 is 5.97 Å². The normalized spacial score (nSPS) is 18.2. The number of piperidine rings is 1. The quantitative estimate of drug-likeness (QED) is 0.650. The van der Waals surface area contributed by atoms with Crippen LogP contribution in [-0.2, 0) is 4.74 Å². The number of carbonyl (C=O) groups excluding carboxylic acids is 2. The summed E-state index contributed by atoms with van der Waals surface area (Å²) in [7, 11) is 1.33. The highest BCUT2D eigenvalue weighted by atomic mass is 16.5. The van der Waals surface area contributed by atoms with E-state index in [2.05, 4.69) is 9.88 Å². The highest BCUT2D eigenvalue weighted by molar-refractivity contribution is 6.03. The van der Waals surface area contributed by atoms with E-state index in [1.165, 1.54) is 7.11 Å². The van der Waals surface area contributed by atoms with Crippen molar-refractivity contribution in [3.05, 3.63) is 22.5 Å². The Morgan fingerprint density at radius 3 is 2.45 bits per heavy atom. The Labute approximate surface area is 130 Å². The first-order valence-electron chi connectivity index (χ1n) is 7.60. The molecule has 0 amide bonds. The number of esters is 1. The SMILES string of the molecule is COC(=O)c1c(C)[nH]c(C(=O)[C@@H](C)N2CCC(O)CC2)c1C. The average molecular weight is 308 g/mol. The fourth-order valence-corrected chi connectivity index (χ4v) is 3.05. The van der Waals surface area contributed by atoms with E-state index in [1.807, 2.05) is 6.92 Å². The first-order chi connectivity index (χ1) is 10.4. The molecule has 1 aliphatic heterocycles. The maximum atomic E-state index is 12.7. The van der Waals surface area contributed by atoms with Crippen LogP contribution in [-0.4, -0.2) is 59.1 Å². The molecule has 2 N–H and O–H groups in total. The molecule has 0 radical (unpaired) electrons. The van der Waals surface area contributed by atoms with E-state index in [4.69, 9.17) is 4.74 Å². The Morgan fingerprint density at radius 1 is 1.32 bits per heavy atom. The third-order valence-electron chi connectivity index (χ3n) is 4.50. The molecule has 6 heteroatoms. The lowest BCUT2D eigenvalue weighted by molar-refractivity contribution is 0.0546. The van der Waals surface area contributed by atoms with Gasteiger partial charge in [0, 0.05) is 18.8 Å². The molecule has 1 aliphatic rings. The fraction of sp³-hybridized carbons (Fsp3) is 0.625. The van der Waals surface area contributed by atoms with Crippen molar-refractivity contribution in [1.29, 1.82) is 0 Å². The number of aryl methyl sites for hydroxylation is 1. The topological polar surface area (TPSA) is 82.6 Å². The van der Waals surface area contributed by atoms with Crippen molar-refractivity contribution in [1.82, 2.24) is 9.88 Å². The minimum atomic E-state index is -0.431. The van der Waals surface area contributed by atoms with Crippen LogP contribution in [0.5, 0.6) is 0 Å². The molecule has 1 aromatic rings. The van der Waals surface area contributed by atoms with Crippen molar-refractivity contribution in [2.24, 2.45) is 0 Å². The molecule has 122 valence electrons. The smallest absolute Gasteiger partial charge is 0.339 e. The zero-order valence-corrected chi connectivity index (χ0v) is 13.6. The molecule has 0 spiro atoms. The van der Waals surface area contributed by atoms with E-state index in [1.54, 1.807) is 13.8 Å². The Kier molecular flexibility index (Phi) is 5.03. The van der Waals surface area contributed by atoms with Gasteiger partial charge in [0.2, 0.25) is 0 Å². The molecule has 1 fully saturated rings. The van der Waals surface area contributed by atoms with Crippen LogP contribution in [0.1, 0.15) is 51.9 Å². The molecule has 1 saturated heterocycles. The van der Waals surface area contributed by atoms with Crippen molar-refractivity contribution in [2.45, 2.75) is 45.8 Å². The number of nitrogens with one attached hydrogen (secondary N) is 1. The lowest BCUT2D eigenvalue weighted by Crippen LogP contribution is -2.45. The van der Waals surface area contributed by atoms with Gasteiger partial charge in [0.25, 0.3) is 0 Å². The van der Waals surface area contributed by atoms with Gasteiger partial charge in [-0.2, -0.15) is 0 Å². The van der Waals surface area contributed by atoms with E-state index in [-0.39, 0.29) is 17.9 Å². The van der Waals surface area contributed by atoms with Gasteiger partial charge in [-0.1, -0.05) is 0 Å². The number of carbonyl (C=O) groups is 2. The van der Waals surface area contributed by atoms with Gasteiger partial charge in [0.15, 0.2) is 5.78 Å². The number of H-pyrrole nitrogens is 1. The first kappa shape index (κ1) is 16.7. The number of aromatic nitrogens is 1. The first-order valence-corrected chi connectivity index (χ1v) is 7.60. The lowest BCUT2D eigenvalue weighted by atomic mass is 10.0. The number of ketones is 1. The molecular formula is C16H24N2O4. The molecule has 22 heavy (non-hydrogen) atoms. The number of Topliss-reactive ketones (excluding diaryl/α,β-unsaturated/α-hetero) is 1. The minimum Gasteiger partial charge on any atom is -0.465 e. The number of rotatable bonds is 4. The maximum absolute atomic E-state index is 12.7. The molecule has 1 aromatic heterocycles. The highest BCUT2D eigenvalue weighted by Crippen LogP contribution is 2.22. The molecule has 0 aromatic carbocycles. The predicted molar refractivity (Wildman–Crippen MR) is 82.2 cm³/mol. The van der Waals surface area contributed by atoms with Crippen LogP contribution in [0.15, 0.2) is 0 Å². The summed E-state index contributed by atoms with van der Waals surface area (Å²) in [5.41, 5.74) is 2.19. The zero-order chi connectivity index (χ0) is 16.4. The van der Waals surface area contributed by atoms with E-state index >= 15 is 0 Å². The van der Waals surface area contributed by atoms with E-state index in [9.17, 15) is 14.7 Å². The predicted octanol–water partition coefficient (Wildman–Crippen LogP) is 1.45. The van der Waals surface area contributed by atoms with Crippen LogP contribution in [0.25, 0.3) is 0 Å². The summed E-state index contributed by atoms with van der Waals surface area (Å²) in [5.74, 6) is -0.466. The number of hydrogen-bond donors (Lipinski definition) is 2. The molecule has 1 atom stereocenters. The zero-order valence-electron chi connectivity index (χ0n) is 13.6. The summed E-state index contributed by atoms with van der Waals surface area (Å²) < 4.78 is 4.77. The van der Waals surface area contributed by atoms with Gasteiger partial charge in [-0.3, -0.25) is 9.69 Å². The Hall–Kier alpha value is -1.66. The van der Waals surface area contributed by atoms with E-state index in [0.717, 1.165) is 0 Å². The number of aromatic amines is 1. The molecule has 2 heterocycles. The van der Waals surface area contributed by atoms with Gasteiger partial charge in [-0.05, 0) is 39.2 Å². The molecule has 2 rings (SSSR count). The van der Waals surface area contributed by atoms with Gasteiger partial charge < -0.3 is 14.8 Å². The number of hydrogen-bond acceptors (Lipinski definition) is 5. The monoisotopic (exact) mass is 308 g/mol. The third kappa shape index (κ3) is 3.08. The van der Waals surface area contributed by atoms with Gasteiger partial charge in [0.05, 0.1) is 30.5 Å². The lowest BCUT2D eigenvalue weighted by Gasteiger charge is -2.33. The Bertz CT molecular complexity index is 571. The Balaban J connectivity index is 2.21. The maximum Gasteiger partial charge on any atom is 0.339 e. The summed E-state index contributed by atoms with van der Waals surface area (Å²) in [6.45, 7) is 6.80. The second-order valence-electron chi connectivity index (χ2n) is 5.92. The largest absolute Gasteiger partial charge is 0.465 e. The number of likely N-dealkylation sites (tertiary alicyclic amines) is 1. The van der Waals surface area contributed by atoms with Crippen LogP contribution in [0.2, 0.25) is 0 Å². The van der Waals surface area contributed by atoms with Crippen LogP contribution in [0, 0.1) is 13.8 Å². The van der Waals surface area contributed by atoms with Crippen molar-refractivity contribution in [3.63, 3.8) is 0 Å². The van der Waals surface area contributed by atoms with Crippen molar-refractivity contribution in [2.75, 3.05) is 20.2 Å². The summed E-state index contributed by atoms with van der Waals surface area (Å²) >= 11 is 0. The number of nitrogens with zero attached hydrogens (tertiary/aromatic N) is 1. The fourth-order valence-electron chi connectivity index (χ4n) is 3.05. The minimum absolute atomic E-state index is 0.0351. The van der Waals surface area contributed by atoms with E-state index < -0.39 is 5.97 Å². The highest BCUT2D eigenvalue weighted by Gasteiger charge is 2.30. The van der Waals surface area contributed by atoms with E-state index in [0.29, 0.717) is 48.4 Å². The number of aliphatic hydroxyl groups is 1. The second kappa shape index (κ2) is 6.62. The van der Waals surface area contributed by atoms with Gasteiger partial charge in [-0.25, -0.2) is 4.79 Å². The van der Waals surface area contributed by atoms with Crippen molar-refractivity contribution < 1.29 is 19.4 Å². The molecule has 0 aliphatic carbocycles. The van der Waals surface area contributed by atoms with Gasteiger partial charge in [-0.15, -0.1) is 0 Å². The second-order valence-corrected chi connectivity index (χ2v) is 5.92. The molecule has 0 unspecified atom stereocenters. The van der Waals surface area contributed by atoms with Gasteiger partial charge in [0.1, 0.15) is 0 Å². The number of ether oxygens (including phenoxy) is 1. The Morgan fingerprint density at radius 2 is 1.91 bits per heavy atom. The third-order valence-corrected chi connectivity index (χ3v) is 4.50. The molecule has 0 saturated carbocycles. The number of aliphatic hydroxyl groups excluding tert-OH is 1. The summed E-state index contributed by atoms with van der Waals surface area (Å²) in [6.07, 6.45) is 1.11. The van der Waals surface area contributed by atoms with Crippen LogP contribution < -0.4 is 0 Å². The standard InChI is InChI=1S/C16H24N2O4/c1-9-13(16(21)22-4)10(2)17-14(9)15(20)11(3)18-7-5-12(19)6-8-18/h11-12,17,19H,5-8H2,1-4H3/t11-/m1/s1. The van der Waals surface area contributed by atoms with Crippen LogP contribution in [0.4, 0.5) is 0 Å². The van der Waals surface area contributed by atoms with Crippen LogP contribution in [0.3, 0.4) is 0 Å². The summed E-state index contributed by atoms with van der Waals surface area (Å²) in [6, 6.07) is -0.283. The van der Waals surface area contributed by atoms with Crippen molar-refractivity contribution in [3.8, 4) is 0 Å².